The lowest BCUT2D eigenvalue weighted by molar-refractivity contribution is 0.236. The van der Waals surface area contributed by atoms with Crippen molar-refractivity contribution < 1.29 is 9.63 Å². The van der Waals surface area contributed by atoms with E-state index in [4.69, 9.17) is 15.4 Å². The lowest BCUT2D eigenvalue weighted by atomic mass is 10.1. The summed E-state index contributed by atoms with van der Waals surface area (Å²) in [5.41, 5.74) is 7.89. The molecule has 1 unspecified atom stereocenters. The van der Waals surface area contributed by atoms with Gasteiger partial charge in [0.2, 0.25) is 5.89 Å². The molecule has 0 saturated carbocycles. The highest BCUT2D eigenvalue weighted by Gasteiger charge is 2.13. The van der Waals surface area contributed by atoms with Crippen molar-refractivity contribution in [1.82, 2.24) is 10.1 Å². The van der Waals surface area contributed by atoms with Gasteiger partial charge in [0.25, 0.3) is 0 Å². The van der Waals surface area contributed by atoms with E-state index in [1.807, 2.05) is 25.1 Å². The van der Waals surface area contributed by atoms with Crippen LogP contribution in [-0.2, 0) is 6.42 Å². The van der Waals surface area contributed by atoms with Crippen LogP contribution < -0.4 is 5.73 Å². The summed E-state index contributed by atoms with van der Waals surface area (Å²) in [6.45, 7) is 1.83. The minimum Gasteiger partial charge on any atom is -0.394 e. The van der Waals surface area contributed by atoms with Crippen LogP contribution >= 0.6 is 0 Å². The normalized spacial score (nSPS) is 12.6. The van der Waals surface area contributed by atoms with Gasteiger partial charge in [0.1, 0.15) is 6.04 Å². The summed E-state index contributed by atoms with van der Waals surface area (Å²) >= 11 is 0. The zero-order valence-electron chi connectivity index (χ0n) is 9.63. The van der Waals surface area contributed by atoms with E-state index in [1.54, 1.807) is 0 Å². The highest BCUT2D eigenvalue weighted by atomic mass is 16.5. The molecular weight excluding hydrogens is 218 g/mol. The SMILES string of the molecule is Cc1cccc(Cc2noc(C(N)CO)n2)c1. The molecule has 1 heterocycles. The van der Waals surface area contributed by atoms with Gasteiger partial charge < -0.3 is 15.4 Å². The second kappa shape index (κ2) is 5.07. The van der Waals surface area contributed by atoms with Crippen LogP contribution in [0.1, 0.15) is 28.9 Å². The quantitative estimate of drug-likeness (QED) is 0.821. The van der Waals surface area contributed by atoms with E-state index < -0.39 is 6.04 Å². The number of hydrogen-bond acceptors (Lipinski definition) is 5. The molecule has 0 bridgehead atoms. The maximum absolute atomic E-state index is 8.87. The number of benzene rings is 1. The number of rotatable bonds is 4. The van der Waals surface area contributed by atoms with Gasteiger partial charge in [-0.1, -0.05) is 35.0 Å². The van der Waals surface area contributed by atoms with Crippen molar-refractivity contribution in [3.05, 3.63) is 47.1 Å². The molecule has 2 aromatic rings. The summed E-state index contributed by atoms with van der Waals surface area (Å²) in [6, 6.07) is 7.50. The predicted octanol–water partition coefficient (Wildman–Crippen LogP) is 0.961. The smallest absolute Gasteiger partial charge is 0.245 e. The molecule has 0 fully saturated rings. The average molecular weight is 233 g/mol. The van der Waals surface area contributed by atoms with Crippen LogP contribution in [0.5, 0.6) is 0 Å². The Balaban J connectivity index is 2.11. The third-order valence-corrected chi connectivity index (χ3v) is 2.44. The number of aromatic nitrogens is 2. The van der Waals surface area contributed by atoms with Crippen molar-refractivity contribution in [2.45, 2.75) is 19.4 Å². The second-order valence-electron chi connectivity index (χ2n) is 4.00. The zero-order chi connectivity index (χ0) is 12.3. The van der Waals surface area contributed by atoms with Crippen molar-refractivity contribution in [1.29, 1.82) is 0 Å². The van der Waals surface area contributed by atoms with Gasteiger partial charge in [-0.2, -0.15) is 4.98 Å². The Kier molecular flexibility index (Phi) is 3.51. The van der Waals surface area contributed by atoms with Crippen LogP contribution in [0.4, 0.5) is 0 Å². The fourth-order valence-electron chi connectivity index (χ4n) is 1.57. The molecule has 0 aliphatic carbocycles. The van der Waals surface area contributed by atoms with Crippen molar-refractivity contribution in [3.8, 4) is 0 Å². The molecule has 1 aromatic heterocycles. The van der Waals surface area contributed by atoms with Gasteiger partial charge in [-0.3, -0.25) is 0 Å². The third kappa shape index (κ3) is 2.89. The summed E-state index contributed by atoms with van der Waals surface area (Å²) in [7, 11) is 0. The highest BCUT2D eigenvalue weighted by Crippen LogP contribution is 2.11. The van der Waals surface area contributed by atoms with E-state index in [0.29, 0.717) is 12.2 Å². The molecule has 0 radical (unpaired) electrons. The van der Waals surface area contributed by atoms with Gasteiger partial charge in [-0.05, 0) is 12.5 Å². The topological polar surface area (TPSA) is 85.2 Å². The minimum atomic E-state index is -0.603. The Bertz CT molecular complexity index is 496. The van der Waals surface area contributed by atoms with Gasteiger partial charge in [-0.15, -0.1) is 0 Å². The second-order valence-corrected chi connectivity index (χ2v) is 4.00. The molecule has 0 spiro atoms. The first-order valence-electron chi connectivity index (χ1n) is 5.43. The molecule has 90 valence electrons. The summed E-state index contributed by atoms with van der Waals surface area (Å²) in [5.74, 6) is 0.852. The number of nitrogens with zero attached hydrogens (tertiary/aromatic N) is 2. The maximum atomic E-state index is 8.87. The average Bonchev–Trinajstić information content (AvgIpc) is 2.76. The molecular formula is C12H15N3O2. The lowest BCUT2D eigenvalue weighted by Crippen LogP contribution is -2.14. The Labute approximate surface area is 99.3 Å². The fraction of sp³-hybridized carbons (Fsp3) is 0.333. The molecule has 1 atom stereocenters. The summed E-state index contributed by atoms with van der Waals surface area (Å²) in [6.07, 6.45) is 0.601. The van der Waals surface area contributed by atoms with Crippen LogP contribution in [0.15, 0.2) is 28.8 Å². The Morgan fingerprint density at radius 2 is 2.29 bits per heavy atom. The molecule has 1 aromatic carbocycles. The highest BCUT2D eigenvalue weighted by molar-refractivity contribution is 5.24. The number of nitrogens with two attached hydrogens (primary N) is 1. The Hall–Kier alpha value is -1.72. The molecule has 3 N–H and O–H groups in total. The molecule has 0 aliphatic rings. The van der Waals surface area contributed by atoms with E-state index in [1.165, 1.54) is 5.56 Å². The molecule has 0 amide bonds. The molecule has 17 heavy (non-hydrogen) atoms. The largest absolute Gasteiger partial charge is 0.394 e. The van der Waals surface area contributed by atoms with Gasteiger partial charge in [0.05, 0.1) is 6.61 Å². The molecule has 2 rings (SSSR count). The zero-order valence-corrected chi connectivity index (χ0v) is 9.63. The first-order valence-corrected chi connectivity index (χ1v) is 5.43. The number of aliphatic hydroxyl groups is 1. The van der Waals surface area contributed by atoms with E-state index >= 15 is 0 Å². The molecule has 0 saturated heterocycles. The van der Waals surface area contributed by atoms with Crippen molar-refractivity contribution in [2.75, 3.05) is 6.61 Å². The number of aryl methyl sites for hydroxylation is 1. The lowest BCUT2D eigenvalue weighted by Gasteiger charge is -1.99. The molecule has 0 aliphatic heterocycles. The number of hydrogen-bond donors (Lipinski definition) is 2. The Morgan fingerprint density at radius 3 is 3.00 bits per heavy atom. The van der Waals surface area contributed by atoms with Crippen LogP contribution in [0.25, 0.3) is 0 Å². The third-order valence-electron chi connectivity index (χ3n) is 2.44. The monoisotopic (exact) mass is 233 g/mol. The van der Waals surface area contributed by atoms with Crippen molar-refractivity contribution in [2.24, 2.45) is 5.73 Å². The van der Waals surface area contributed by atoms with Crippen molar-refractivity contribution in [3.63, 3.8) is 0 Å². The fourth-order valence-corrected chi connectivity index (χ4v) is 1.57. The Morgan fingerprint density at radius 1 is 1.47 bits per heavy atom. The van der Waals surface area contributed by atoms with E-state index in [-0.39, 0.29) is 12.5 Å². The van der Waals surface area contributed by atoms with E-state index in [2.05, 4.69) is 16.2 Å². The van der Waals surface area contributed by atoms with Crippen LogP contribution in [0, 0.1) is 6.92 Å². The van der Waals surface area contributed by atoms with Gasteiger partial charge >= 0.3 is 0 Å². The molecule has 5 nitrogen and oxygen atoms in total. The standard InChI is InChI=1S/C12H15N3O2/c1-8-3-2-4-9(5-8)6-11-14-12(17-15-11)10(13)7-16/h2-5,10,16H,6-7,13H2,1H3. The van der Waals surface area contributed by atoms with Gasteiger partial charge in [-0.25, -0.2) is 0 Å². The van der Waals surface area contributed by atoms with Gasteiger partial charge in [0.15, 0.2) is 5.82 Å². The van der Waals surface area contributed by atoms with Crippen LogP contribution in [0.2, 0.25) is 0 Å². The first kappa shape index (κ1) is 11.8. The first-order chi connectivity index (χ1) is 8.19. The summed E-state index contributed by atoms with van der Waals surface area (Å²) in [4.78, 5) is 4.14. The summed E-state index contributed by atoms with van der Waals surface area (Å²) in [5, 5.41) is 12.7. The van der Waals surface area contributed by atoms with E-state index in [0.717, 1.165) is 5.56 Å². The van der Waals surface area contributed by atoms with Crippen molar-refractivity contribution >= 4 is 0 Å². The van der Waals surface area contributed by atoms with E-state index in [9.17, 15) is 0 Å². The number of aliphatic hydroxyl groups excluding tert-OH is 1. The van der Waals surface area contributed by atoms with Crippen LogP contribution in [0.3, 0.4) is 0 Å². The molecule has 5 heteroatoms. The van der Waals surface area contributed by atoms with Crippen LogP contribution in [-0.4, -0.2) is 21.9 Å². The maximum Gasteiger partial charge on any atom is 0.245 e. The summed E-state index contributed by atoms with van der Waals surface area (Å²) < 4.78 is 4.97. The predicted molar refractivity (Wildman–Crippen MR) is 62.3 cm³/mol. The minimum absolute atomic E-state index is 0.202. The van der Waals surface area contributed by atoms with Gasteiger partial charge in [0, 0.05) is 6.42 Å².